The summed E-state index contributed by atoms with van der Waals surface area (Å²) in [6.45, 7) is 3.35. The van der Waals surface area contributed by atoms with E-state index in [4.69, 9.17) is 0 Å². The minimum atomic E-state index is 1.25. The van der Waals surface area contributed by atoms with Crippen molar-refractivity contribution in [2.75, 3.05) is 20.6 Å². The molecular formula is C14H29N. The molecule has 0 aromatic heterocycles. The molecule has 0 heterocycles. The van der Waals surface area contributed by atoms with Crippen LogP contribution in [0.2, 0.25) is 0 Å². The smallest absolute Gasteiger partial charge is 0.00248 e. The molecular weight excluding hydrogens is 182 g/mol. The first-order valence-corrected chi connectivity index (χ1v) is 6.53. The van der Waals surface area contributed by atoms with Crippen molar-refractivity contribution in [3.8, 4) is 0 Å². The predicted octanol–water partition coefficient (Wildman–Crippen LogP) is 4.24. The third kappa shape index (κ3) is 13.7. The highest BCUT2D eigenvalue weighted by molar-refractivity contribution is 4.76. The zero-order valence-electron chi connectivity index (χ0n) is 11.0. The lowest BCUT2D eigenvalue weighted by Gasteiger charge is -2.08. The summed E-state index contributed by atoms with van der Waals surface area (Å²) >= 11 is 0. The fraction of sp³-hybridized carbons (Fsp3) is 0.857. The van der Waals surface area contributed by atoms with Crippen LogP contribution in [-0.4, -0.2) is 25.5 Å². The lowest BCUT2D eigenvalue weighted by molar-refractivity contribution is 0.389. The maximum absolute atomic E-state index is 2.27. The van der Waals surface area contributed by atoms with E-state index in [0.29, 0.717) is 0 Å². The molecule has 1 nitrogen and oxygen atoms in total. The van der Waals surface area contributed by atoms with Gasteiger partial charge in [-0.2, -0.15) is 0 Å². The largest absolute Gasteiger partial charge is 0.309 e. The van der Waals surface area contributed by atoms with E-state index < -0.39 is 0 Å². The summed E-state index contributed by atoms with van der Waals surface area (Å²) in [4.78, 5) is 2.27. The Balaban J connectivity index is 2.92. The highest BCUT2D eigenvalue weighted by Gasteiger charge is 1.92. The van der Waals surface area contributed by atoms with E-state index in [9.17, 15) is 0 Å². The van der Waals surface area contributed by atoms with Crippen LogP contribution in [0, 0.1) is 0 Å². The Kier molecular flexibility index (Phi) is 11.5. The Hall–Kier alpha value is -0.300. The number of unbranched alkanes of at least 4 members (excludes halogenated alkanes) is 7. The third-order valence-electron chi connectivity index (χ3n) is 2.71. The van der Waals surface area contributed by atoms with E-state index in [2.05, 4.69) is 38.1 Å². The van der Waals surface area contributed by atoms with Gasteiger partial charge < -0.3 is 4.90 Å². The summed E-state index contributed by atoms with van der Waals surface area (Å²) < 4.78 is 0. The fourth-order valence-electron chi connectivity index (χ4n) is 1.74. The topological polar surface area (TPSA) is 3.24 Å². The van der Waals surface area contributed by atoms with Gasteiger partial charge >= 0.3 is 0 Å². The van der Waals surface area contributed by atoms with Crippen LogP contribution < -0.4 is 0 Å². The van der Waals surface area contributed by atoms with E-state index in [0.717, 1.165) is 0 Å². The van der Waals surface area contributed by atoms with Crippen molar-refractivity contribution in [1.29, 1.82) is 0 Å². The maximum Gasteiger partial charge on any atom is -0.00248 e. The van der Waals surface area contributed by atoms with Crippen LogP contribution in [0.15, 0.2) is 12.2 Å². The van der Waals surface area contributed by atoms with Crippen LogP contribution in [0.25, 0.3) is 0 Å². The molecule has 0 aliphatic heterocycles. The molecule has 90 valence electrons. The first kappa shape index (κ1) is 14.7. The molecule has 0 aromatic carbocycles. The predicted molar refractivity (Wildman–Crippen MR) is 70.3 cm³/mol. The number of nitrogens with zero attached hydrogens (tertiary/aromatic N) is 1. The molecule has 0 atom stereocenters. The molecule has 0 fully saturated rings. The lowest BCUT2D eigenvalue weighted by Crippen LogP contribution is -2.12. The van der Waals surface area contributed by atoms with Crippen LogP contribution in [0.3, 0.4) is 0 Å². The second kappa shape index (κ2) is 11.8. The van der Waals surface area contributed by atoms with Gasteiger partial charge in [-0.1, -0.05) is 44.3 Å². The molecule has 0 aromatic rings. The number of hydrogen-bond acceptors (Lipinski definition) is 1. The standard InChI is InChI=1S/C14H29N/c1-4-5-6-7-8-9-10-11-12-13-14-15(2)3/h4-5H,6-14H2,1-3H3. The van der Waals surface area contributed by atoms with Crippen LogP contribution >= 0.6 is 0 Å². The second-order valence-electron chi connectivity index (χ2n) is 4.64. The SMILES string of the molecule is CC=CCCCCCCCCCN(C)C. The van der Waals surface area contributed by atoms with Crippen molar-refractivity contribution >= 4 is 0 Å². The first-order chi connectivity index (χ1) is 7.27. The average Bonchev–Trinajstić information content (AvgIpc) is 2.20. The van der Waals surface area contributed by atoms with E-state index in [-0.39, 0.29) is 0 Å². The van der Waals surface area contributed by atoms with Crippen molar-refractivity contribution < 1.29 is 0 Å². The summed E-state index contributed by atoms with van der Waals surface area (Å²) in [5.74, 6) is 0. The molecule has 0 aliphatic rings. The highest BCUT2D eigenvalue weighted by Crippen LogP contribution is 2.08. The Bertz CT molecular complexity index is 138. The van der Waals surface area contributed by atoms with Gasteiger partial charge in [0.25, 0.3) is 0 Å². The number of allylic oxidation sites excluding steroid dienone is 2. The summed E-state index contributed by atoms with van der Waals surface area (Å²) in [7, 11) is 4.31. The zero-order chi connectivity index (χ0) is 11.4. The zero-order valence-corrected chi connectivity index (χ0v) is 11.0. The molecule has 0 amide bonds. The van der Waals surface area contributed by atoms with Gasteiger partial charge in [-0.3, -0.25) is 0 Å². The van der Waals surface area contributed by atoms with Gasteiger partial charge in [0.05, 0.1) is 0 Å². The van der Waals surface area contributed by atoms with Gasteiger partial charge in [0.2, 0.25) is 0 Å². The van der Waals surface area contributed by atoms with Crippen molar-refractivity contribution in [3.05, 3.63) is 12.2 Å². The Morgan fingerprint density at radius 3 is 1.87 bits per heavy atom. The molecule has 15 heavy (non-hydrogen) atoms. The molecule has 0 aliphatic carbocycles. The maximum atomic E-state index is 2.27. The van der Waals surface area contributed by atoms with Crippen LogP contribution in [-0.2, 0) is 0 Å². The first-order valence-electron chi connectivity index (χ1n) is 6.53. The fourth-order valence-corrected chi connectivity index (χ4v) is 1.74. The van der Waals surface area contributed by atoms with Gasteiger partial charge in [0, 0.05) is 0 Å². The van der Waals surface area contributed by atoms with E-state index in [1.807, 2.05) is 0 Å². The average molecular weight is 211 g/mol. The van der Waals surface area contributed by atoms with Gasteiger partial charge in [-0.25, -0.2) is 0 Å². The van der Waals surface area contributed by atoms with Crippen molar-refractivity contribution in [1.82, 2.24) is 4.90 Å². The highest BCUT2D eigenvalue weighted by atomic mass is 15.0. The molecule has 0 N–H and O–H groups in total. The lowest BCUT2D eigenvalue weighted by atomic mass is 10.1. The normalized spacial score (nSPS) is 11.7. The van der Waals surface area contributed by atoms with Crippen LogP contribution in [0.5, 0.6) is 0 Å². The van der Waals surface area contributed by atoms with Crippen molar-refractivity contribution in [2.24, 2.45) is 0 Å². The molecule has 0 saturated heterocycles. The molecule has 0 radical (unpaired) electrons. The van der Waals surface area contributed by atoms with Crippen LogP contribution in [0.4, 0.5) is 0 Å². The number of hydrogen-bond donors (Lipinski definition) is 0. The Labute approximate surface area is 96.6 Å². The molecule has 0 rings (SSSR count). The number of rotatable bonds is 10. The van der Waals surface area contributed by atoms with Gasteiger partial charge in [0.15, 0.2) is 0 Å². The molecule has 1 heteroatoms. The van der Waals surface area contributed by atoms with E-state index in [1.54, 1.807) is 0 Å². The molecule has 0 bridgehead atoms. The van der Waals surface area contributed by atoms with Gasteiger partial charge in [0.1, 0.15) is 0 Å². The van der Waals surface area contributed by atoms with Crippen molar-refractivity contribution in [2.45, 2.75) is 58.3 Å². The van der Waals surface area contributed by atoms with E-state index in [1.165, 1.54) is 57.9 Å². The minimum Gasteiger partial charge on any atom is -0.309 e. The summed E-state index contributed by atoms with van der Waals surface area (Å²) in [5.41, 5.74) is 0. The molecule has 0 saturated carbocycles. The third-order valence-corrected chi connectivity index (χ3v) is 2.71. The van der Waals surface area contributed by atoms with Gasteiger partial charge in [-0.15, -0.1) is 0 Å². The summed E-state index contributed by atoms with van der Waals surface area (Å²) in [5, 5.41) is 0. The van der Waals surface area contributed by atoms with Crippen molar-refractivity contribution in [3.63, 3.8) is 0 Å². The quantitative estimate of drug-likeness (QED) is 0.386. The Morgan fingerprint density at radius 2 is 1.33 bits per heavy atom. The van der Waals surface area contributed by atoms with E-state index >= 15 is 0 Å². The Morgan fingerprint density at radius 1 is 0.800 bits per heavy atom. The summed E-state index contributed by atoms with van der Waals surface area (Å²) in [6, 6.07) is 0. The van der Waals surface area contributed by atoms with Gasteiger partial charge in [-0.05, 0) is 46.8 Å². The minimum absolute atomic E-state index is 1.25. The molecule has 0 unspecified atom stereocenters. The second-order valence-corrected chi connectivity index (χ2v) is 4.64. The summed E-state index contributed by atoms with van der Waals surface area (Å²) in [6.07, 6.45) is 15.6. The molecule has 0 spiro atoms. The monoisotopic (exact) mass is 211 g/mol. The van der Waals surface area contributed by atoms with Crippen LogP contribution in [0.1, 0.15) is 58.3 Å².